The molecule has 0 saturated heterocycles. The summed E-state index contributed by atoms with van der Waals surface area (Å²) in [6, 6.07) is 0. The molecule has 0 rings (SSSR count). The molecule has 26 valence electrons. The quantitative estimate of drug-likeness (QED) is 0.409. The van der Waals surface area contributed by atoms with E-state index in [-0.39, 0.29) is 0 Å². The summed E-state index contributed by atoms with van der Waals surface area (Å²) in [6.45, 7) is 0.969. The molecule has 0 heterocycles. The molecule has 0 fully saturated rings. The second kappa shape index (κ2) is 3.38. The van der Waals surface area contributed by atoms with Crippen LogP contribution in [0.2, 0.25) is 0 Å². The number of hydrogen-bond acceptors (Lipinski definition) is 1. The van der Waals surface area contributed by atoms with Gasteiger partial charge in [-0.1, -0.05) is 0 Å². The Hall–Kier alpha value is -0.620. The summed E-state index contributed by atoms with van der Waals surface area (Å²) in [6.07, 6.45) is 0.528. The highest BCUT2D eigenvalue weighted by Crippen LogP contribution is 1.69. The molecule has 0 aliphatic heterocycles. The first-order valence-corrected chi connectivity index (χ1v) is 0.970. The van der Waals surface area contributed by atoms with E-state index in [0.717, 1.165) is 12.6 Å². The van der Waals surface area contributed by atoms with E-state index in [0.29, 0.717) is 6.08 Å². The molecular weight excluding hydrogens is 71.0 g/mol. The van der Waals surface area contributed by atoms with Crippen molar-refractivity contribution in [1.82, 2.24) is 0 Å². The minimum absolute atomic E-state index is 0.528. The Labute approximate surface area is 29.1 Å². The van der Waals surface area contributed by atoms with Crippen molar-refractivity contribution in [3.05, 3.63) is 12.8 Å². The predicted octanol–water partition coefficient (Wildman–Crippen LogP) is 0.382. The molecule has 0 aromatic heterocycles. The van der Waals surface area contributed by atoms with Crippen molar-refractivity contribution in [3.8, 4) is 0 Å². The summed E-state index contributed by atoms with van der Waals surface area (Å²) in [5, 5.41) is 0. The maximum Gasteiger partial charge on any atom is 0.223 e. The smallest absolute Gasteiger partial charge is 0.223 e. The second-order valence-electron chi connectivity index (χ2n) is 0.371. The monoisotopic (exact) mass is 72.0 g/mol. The molecule has 0 spiro atoms. The van der Waals surface area contributed by atoms with Crippen molar-refractivity contribution in [2.75, 3.05) is 0 Å². The molecule has 2 heteroatoms. The molecule has 0 aliphatic carbocycles. The van der Waals surface area contributed by atoms with E-state index >= 15 is 0 Å². The predicted molar refractivity (Wildman–Crippen MR) is 14.6 cm³/mol. The van der Waals surface area contributed by atoms with Crippen molar-refractivity contribution in [2.24, 2.45) is 0 Å². The van der Waals surface area contributed by atoms with Crippen molar-refractivity contribution in [2.45, 2.75) is 0 Å². The number of hydrogen-bond donors (Lipinski definition) is 0. The van der Waals surface area contributed by atoms with Gasteiger partial charge in [0.1, 0.15) is 5.94 Å². The molecule has 0 bridgehead atoms. The molecule has 0 aliphatic rings. The fourth-order valence-electron chi connectivity index (χ4n) is 0.0223. The summed E-state index contributed by atoms with van der Waals surface area (Å²) >= 11 is 0. The SMILES string of the molecule is O=C=C[C]F. The van der Waals surface area contributed by atoms with Crippen molar-refractivity contribution in [3.63, 3.8) is 0 Å². The lowest BCUT2D eigenvalue weighted by molar-refractivity contribution is 0.566. The second-order valence-corrected chi connectivity index (χ2v) is 0.371. The van der Waals surface area contributed by atoms with E-state index in [1.807, 2.05) is 0 Å². The van der Waals surface area contributed by atoms with Gasteiger partial charge in [0.15, 0.2) is 0 Å². The summed E-state index contributed by atoms with van der Waals surface area (Å²) in [5.74, 6) is 1.16. The molecule has 0 unspecified atom stereocenters. The fourth-order valence-corrected chi connectivity index (χ4v) is 0.0223. The Balaban J connectivity index is 2.93. The highest BCUT2D eigenvalue weighted by Gasteiger charge is 1.62. The van der Waals surface area contributed by atoms with Crippen LogP contribution in [0.3, 0.4) is 0 Å². The molecule has 0 aromatic rings. The molecule has 0 saturated carbocycles. The molecule has 0 aromatic carbocycles. The Morgan fingerprint density at radius 3 is 2.40 bits per heavy atom. The van der Waals surface area contributed by atoms with E-state index in [9.17, 15) is 4.39 Å². The normalized spacial score (nSPS) is 5.80. The van der Waals surface area contributed by atoms with E-state index in [4.69, 9.17) is 4.79 Å². The van der Waals surface area contributed by atoms with Gasteiger partial charge in [0.05, 0.1) is 0 Å². The maximum atomic E-state index is 10.4. The van der Waals surface area contributed by atoms with Gasteiger partial charge in [-0.3, -0.25) is 0 Å². The molecule has 0 N–H and O–H groups in total. The number of carbonyl (C=O) groups excluding carboxylic acids is 1. The van der Waals surface area contributed by atoms with Crippen LogP contribution in [0.15, 0.2) is 6.08 Å². The highest BCUT2D eigenvalue weighted by atomic mass is 19.1. The summed E-state index contributed by atoms with van der Waals surface area (Å²) < 4.78 is 10.4. The van der Waals surface area contributed by atoms with E-state index in [1.165, 1.54) is 0 Å². The standard InChI is InChI=1S/C3HFO/c4-2-1-3-5/h1H. The van der Waals surface area contributed by atoms with Gasteiger partial charge in [-0.05, 0) is 0 Å². The van der Waals surface area contributed by atoms with Gasteiger partial charge in [-0.25, -0.2) is 9.18 Å². The summed E-state index contributed by atoms with van der Waals surface area (Å²) in [7, 11) is 0. The van der Waals surface area contributed by atoms with Gasteiger partial charge in [0.25, 0.3) is 0 Å². The van der Waals surface area contributed by atoms with Crippen LogP contribution in [-0.4, -0.2) is 5.94 Å². The topological polar surface area (TPSA) is 17.1 Å². The molecule has 5 heavy (non-hydrogen) atoms. The zero-order chi connectivity index (χ0) is 4.12. The lowest BCUT2D eigenvalue weighted by Crippen LogP contribution is -1.46. The van der Waals surface area contributed by atoms with Crippen molar-refractivity contribution in [1.29, 1.82) is 0 Å². The summed E-state index contributed by atoms with van der Waals surface area (Å²) in [4.78, 5) is 8.92. The first-order chi connectivity index (χ1) is 2.41. The van der Waals surface area contributed by atoms with Gasteiger partial charge >= 0.3 is 0 Å². The largest absolute Gasteiger partial charge is 0.234 e. The summed E-state index contributed by atoms with van der Waals surface area (Å²) in [5.41, 5.74) is 0. The van der Waals surface area contributed by atoms with Crippen LogP contribution in [0.1, 0.15) is 0 Å². The third-order valence-electron chi connectivity index (χ3n) is 0.113. The molecule has 0 amide bonds. The van der Waals surface area contributed by atoms with Gasteiger partial charge in [0, 0.05) is 6.08 Å². The molecule has 1 nitrogen and oxygen atoms in total. The Kier molecular flexibility index (Phi) is 2.96. The third kappa shape index (κ3) is 3.38. The van der Waals surface area contributed by atoms with Crippen LogP contribution >= 0.6 is 0 Å². The van der Waals surface area contributed by atoms with E-state index < -0.39 is 0 Å². The van der Waals surface area contributed by atoms with Crippen LogP contribution in [0.25, 0.3) is 0 Å². The van der Waals surface area contributed by atoms with Gasteiger partial charge < -0.3 is 0 Å². The van der Waals surface area contributed by atoms with Crippen LogP contribution in [-0.2, 0) is 4.79 Å². The number of rotatable bonds is 1. The zero-order valence-electron chi connectivity index (χ0n) is 2.36. The van der Waals surface area contributed by atoms with Gasteiger partial charge in [-0.2, -0.15) is 0 Å². The Morgan fingerprint density at radius 1 is 1.80 bits per heavy atom. The van der Waals surface area contributed by atoms with Crippen LogP contribution in [0.5, 0.6) is 0 Å². The van der Waals surface area contributed by atoms with Crippen LogP contribution in [0.4, 0.5) is 4.39 Å². The number of allylic oxidation sites excluding steroid dienone is 1. The van der Waals surface area contributed by atoms with E-state index in [2.05, 4.69) is 0 Å². The lowest BCUT2D eigenvalue weighted by Gasteiger charge is -1.48. The Morgan fingerprint density at radius 2 is 2.40 bits per heavy atom. The minimum Gasteiger partial charge on any atom is -0.234 e. The van der Waals surface area contributed by atoms with Crippen LogP contribution < -0.4 is 0 Å². The zero-order valence-corrected chi connectivity index (χ0v) is 2.36. The maximum absolute atomic E-state index is 10.4. The average Bonchev–Trinajstić information content (AvgIpc) is 1.41. The van der Waals surface area contributed by atoms with Gasteiger partial charge in [-0.15, -0.1) is 0 Å². The van der Waals surface area contributed by atoms with Crippen molar-refractivity contribution >= 4 is 5.94 Å². The highest BCUT2D eigenvalue weighted by molar-refractivity contribution is 5.46. The molecule has 2 radical (unpaired) electrons. The van der Waals surface area contributed by atoms with Crippen molar-refractivity contribution < 1.29 is 9.18 Å². The van der Waals surface area contributed by atoms with Gasteiger partial charge in [0.2, 0.25) is 6.67 Å². The Bertz CT molecular complexity index is 53.9. The average molecular weight is 72.0 g/mol. The number of halogens is 1. The third-order valence-corrected chi connectivity index (χ3v) is 0.113. The van der Waals surface area contributed by atoms with E-state index in [1.54, 1.807) is 0 Å². The minimum atomic E-state index is 0.528. The molecular formula is C3HFO. The molecule has 0 atom stereocenters. The first-order valence-electron chi connectivity index (χ1n) is 0.970. The lowest BCUT2D eigenvalue weighted by atomic mass is 10.7. The van der Waals surface area contributed by atoms with Crippen LogP contribution in [0, 0.1) is 6.67 Å². The fraction of sp³-hybridized carbons (Fsp3) is 0. The first kappa shape index (κ1) is 4.38.